The van der Waals surface area contributed by atoms with Gasteiger partial charge in [-0.3, -0.25) is 14.7 Å². The van der Waals surface area contributed by atoms with Gasteiger partial charge in [0.15, 0.2) is 0 Å². The summed E-state index contributed by atoms with van der Waals surface area (Å²) in [6, 6.07) is 5.29. The van der Waals surface area contributed by atoms with Crippen molar-refractivity contribution < 1.29 is 19.4 Å². The molecule has 1 aromatic carbocycles. The molecule has 1 aliphatic rings. The van der Waals surface area contributed by atoms with E-state index in [2.05, 4.69) is 15.5 Å². The highest BCUT2D eigenvalue weighted by atomic mass is 16.5. The Morgan fingerprint density at radius 2 is 2.33 bits per heavy atom. The van der Waals surface area contributed by atoms with Crippen LogP contribution in [0.4, 0.5) is 0 Å². The van der Waals surface area contributed by atoms with Crippen molar-refractivity contribution in [2.75, 3.05) is 13.2 Å². The lowest BCUT2D eigenvalue weighted by molar-refractivity contribution is -0.138. The lowest BCUT2D eigenvalue weighted by Crippen LogP contribution is -2.50. The molecule has 0 aliphatic carbocycles. The van der Waals surface area contributed by atoms with Crippen molar-refractivity contribution >= 4 is 22.8 Å². The molecule has 1 atom stereocenters. The zero-order valence-electron chi connectivity index (χ0n) is 11.3. The van der Waals surface area contributed by atoms with Crippen LogP contribution in [0.15, 0.2) is 24.4 Å². The van der Waals surface area contributed by atoms with Gasteiger partial charge in [0.1, 0.15) is 0 Å². The van der Waals surface area contributed by atoms with Gasteiger partial charge in [-0.2, -0.15) is 5.10 Å². The second-order valence-corrected chi connectivity index (χ2v) is 5.25. The molecule has 0 radical (unpaired) electrons. The van der Waals surface area contributed by atoms with Gasteiger partial charge in [-0.1, -0.05) is 12.1 Å². The Morgan fingerprint density at radius 3 is 3.05 bits per heavy atom. The summed E-state index contributed by atoms with van der Waals surface area (Å²) >= 11 is 0. The SMILES string of the molecule is O=C(O)CC1(NC(=O)c2cccc3cn[nH]c23)CCOC1. The Hall–Kier alpha value is -2.41. The first-order valence-electron chi connectivity index (χ1n) is 6.64. The van der Waals surface area contributed by atoms with Crippen molar-refractivity contribution in [3.63, 3.8) is 0 Å². The van der Waals surface area contributed by atoms with Crippen molar-refractivity contribution in [3.8, 4) is 0 Å². The van der Waals surface area contributed by atoms with Gasteiger partial charge in [0.05, 0.1) is 35.8 Å². The maximum atomic E-state index is 12.5. The van der Waals surface area contributed by atoms with E-state index in [-0.39, 0.29) is 18.9 Å². The first-order valence-corrected chi connectivity index (χ1v) is 6.64. The summed E-state index contributed by atoms with van der Waals surface area (Å²) in [4.78, 5) is 23.5. The molecule has 110 valence electrons. The van der Waals surface area contributed by atoms with Gasteiger partial charge in [-0.05, 0) is 12.5 Å². The predicted octanol–water partition coefficient (Wildman–Crippen LogP) is 0.926. The molecular formula is C14H15N3O4. The molecule has 1 aliphatic heterocycles. The van der Waals surface area contributed by atoms with E-state index in [1.807, 2.05) is 6.07 Å². The maximum absolute atomic E-state index is 12.5. The number of nitrogens with one attached hydrogen (secondary N) is 2. The lowest BCUT2D eigenvalue weighted by atomic mass is 9.93. The summed E-state index contributed by atoms with van der Waals surface area (Å²) in [6.45, 7) is 0.659. The molecule has 0 bridgehead atoms. The Bertz CT molecular complexity index is 688. The Morgan fingerprint density at radius 1 is 1.48 bits per heavy atom. The van der Waals surface area contributed by atoms with Crippen molar-refractivity contribution in [1.82, 2.24) is 15.5 Å². The number of carboxylic acid groups (broad SMARTS) is 1. The van der Waals surface area contributed by atoms with Crippen LogP contribution in [-0.2, 0) is 9.53 Å². The van der Waals surface area contributed by atoms with Crippen LogP contribution in [0, 0.1) is 0 Å². The largest absolute Gasteiger partial charge is 0.481 e. The van der Waals surface area contributed by atoms with Gasteiger partial charge < -0.3 is 15.2 Å². The van der Waals surface area contributed by atoms with Crippen LogP contribution in [0.1, 0.15) is 23.2 Å². The minimum absolute atomic E-state index is 0.155. The van der Waals surface area contributed by atoms with Crippen LogP contribution in [-0.4, -0.2) is 45.9 Å². The van der Waals surface area contributed by atoms with Gasteiger partial charge in [0.25, 0.3) is 5.91 Å². The fraction of sp³-hybridized carbons (Fsp3) is 0.357. The second-order valence-electron chi connectivity index (χ2n) is 5.25. The normalized spacial score (nSPS) is 21.5. The number of aromatic nitrogens is 2. The summed E-state index contributed by atoms with van der Waals surface area (Å²) < 4.78 is 5.27. The van der Waals surface area contributed by atoms with Gasteiger partial charge in [0, 0.05) is 12.0 Å². The fourth-order valence-electron chi connectivity index (χ4n) is 2.65. The van der Waals surface area contributed by atoms with E-state index >= 15 is 0 Å². The number of benzene rings is 1. The molecule has 1 aromatic heterocycles. The molecule has 7 nitrogen and oxygen atoms in total. The average Bonchev–Trinajstić information content (AvgIpc) is 3.06. The first-order chi connectivity index (χ1) is 10.1. The zero-order chi connectivity index (χ0) is 14.9. The van der Waals surface area contributed by atoms with Crippen molar-refractivity contribution in [2.24, 2.45) is 0 Å². The molecule has 1 unspecified atom stereocenters. The van der Waals surface area contributed by atoms with Crippen LogP contribution < -0.4 is 5.32 Å². The molecular weight excluding hydrogens is 274 g/mol. The summed E-state index contributed by atoms with van der Waals surface area (Å²) in [5.41, 5.74) is 0.242. The van der Waals surface area contributed by atoms with Crippen molar-refractivity contribution in [3.05, 3.63) is 30.0 Å². The maximum Gasteiger partial charge on any atom is 0.305 e. The average molecular weight is 289 g/mol. The number of carbonyl (C=O) groups excluding carboxylic acids is 1. The van der Waals surface area contributed by atoms with E-state index < -0.39 is 11.5 Å². The van der Waals surface area contributed by atoms with Crippen LogP contribution in [0.3, 0.4) is 0 Å². The molecule has 1 fully saturated rings. The number of fused-ring (bicyclic) bond motifs is 1. The molecule has 1 amide bonds. The number of ether oxygens (including phenoxy) is 1. The van der Waals surface area contributed by atoms with Crippen LogP contribution in [0.25, 0.3) is 10.9 Å². The fourth-order valence-corrected chi connectivity index (χ4v) is 2.65. The number of carbonyl (C=O) groups is 2. The third-order valence-electron chi connectivity index (χ3n) is 3.69. The number of carboxylic acids is 1. The molecule has 1 saturated heterocycles. The number of H-pyrrole nitrogens is 1. The third-order valence-corrected chi connectivity index (χ3v) is 3.69. The number of rotatable bonds is 4. The van der Waals surface area contributed by atoms with E-state index in [9.17, 15) is 9.59 Å². The van der Waals surface area contributed by atoms with E-state index in [4.69, 9.17) is 9.84 Å². The second kappa shape index (κ2) is 5.17. The summed E-state index contributed by atoms with van der Waals surface area (Å²) in [6.07, 6.45) is 1.97. The van der Waals surface area contributed by atoms with Gasteiger partial charge >= 0.3 is 5.97 Å². The van der Waals surface area contributed by atoms with Gasteiger partial charge in [-0.25, -0.2) is 0 Å². The first kappa shape index (κ1) is 13.6. The third kappa shape index (κ3) is 2.59. The minimum atomic E-state index is -0.958. The minimum Gasteiger partial charge on any atom is -0.481 e. The molecule has 21 heavy (non-hydrogen) atoms. The molecule has 3 rings (SSSR count). The van der Waals surface area contributed by atoms with Crippen LogP contribution >= 0.6 is 0 Å². The molecule has 2 heterocycles. The molecule has 0 spiro atoms. The number of para-hydroxylation sites is 1. The van der Waals surface area contributed by atoms with Gasteiger partial charge in [-0.15, -0.1) is 0 Å². The highest BCUT2D eigenvalue weighted by Crippen LogP contribution is 2.24. The molecule has 3 N–H and O–H groups in total. The quantitative estimate of drug-likeness (QED) is 0.776. The highest BCUT2D eigenvalue weighted by molar-refractivity contribution is 6.05. The van der Waals surface area contributed by atoms with E-state index in [1.165, 1.54) is 0 Å². The Balaban J connectivity index is 1.88. The molecule has 0 saturated carbocycles. The van der Waals surface area contributed by atoms with Crippen LogP contribution in [0.2, 0.25) is 0 Å². The smallest absolute Gasteiger partial charge is 0.305 e. The summed E-state index contributed by atoms with van der Waals surface area (Å²) in [5, 5.41) is 19.4. The van der Waals surface area contributed by atoms with Crippen molar-refractivity contribution in [1.29, 1.82) is 0 Å². The zero-order valence-corrected chi connectivity index (χ0v) is 11.3. The number of hydrogen-bond acceptors (Lipinski definition) is 4. The summed E-state index contributed by atoms with van der Waals surface area (Å²) in [5.74, 6) is -1.28. The lowest BCUT2D eigenvalue weighted by Gasteiger charge is -2.27. The van der Waals surface area contributed by atoms with Crippen LogP contribution in [0.5, 0.6) is 0 Å². The number of aromatic amines is 1. The highest BCUT2D eigenvalue weighted by Gasteiger charge is 2.39. The number of amides is 1. The number of aliphatic carboxylic acids is 1. The van der Waals surface area contributed by atoms with Crippen molar-refractivity contribution in [2.45, 2.75) is 18.4 Å². The molecule has 7 heteroatoms. The number of hydrogen-bond donors (Lipinski definition) is 3. The topological polar surface area (TPSA) is 104 Å². The van der Waals surface area contributed by atoms with E-state index in [1.54, 1.807) is 18.3 Å². The van der Waals surface area contributed by atoms with E-state index in [0.717, 1.165) is 5.39 Å². The van der Waals surface area contributed by atoms with E-state index in [0.29, 0.717) is 24.1 Å². The standard InChI is InChI=1S/C14H15N3O4/c18-11(19)6-14(4-5-21-8-14)16-13(20)10-3-1-2-9-7-15-17-12(9)10/h1-3,7H,4-6,8H2,(H,15,17)(H,16,20)(H,18,19). The predicted molar refractivity (Wildman–Crippen MR) is 74.0 cm³/mol. The molecule has 2 aromatic rings. The number of nitrogens with zero attached hydrogens (tertiary/aromatic N) is 1. The Kier molecular flexibility index (Phi) is 3.34. The Labute approximate surface area is 120 Å². The summed E-state index contributed by atoms with van der Waals surface area (Å²) in [7, 11) is 0. The van der Waals surface area contributed by atoms with Gasteiger partial charge in [0.2, 0.25) is 0 Å². The monoisotopic (exact) mass is 289 g/mol.